The summed E-state index contributed by atoms with van der Waals surface area (Å²) < 4.78 is 0. The molecule has 0 radical (unpaired) electrons. The van der Waals surface area contributed by atoms with Gasteiger partial charge in [-0.1, -0.05) is 24.3 Å². The Morgan fingerprint density at radius 2 is 1.74 bits per heavy atom. The summed E-state index contributed by atoms with van der Waals surface area (Å²) in [5, 5.41) is 0. The quantitative estimate of drug-likeness (QED) is 0.767. The van der Waals surface area contributed by atoms with Crippen LogP contribution in [-0.2, 0) is 10.2 Å². The molecule has 0 bridgehead atoms. The summed E-state index contributed by atoms with van der Waals surface area (Å²) in [7, 11) is 0. The van der Waals surface area contributed by atoms with E-state index in [0.29, 0.717) is 0 Å². The number of carbonyl (C=O) groups is 1. The molecule has 0 amide bonds. The summed E-state index contributed by atoms with van der Waals surface area (Å²) >= 11 is 0. The van der Waals surface area contributed by atoms with Gasteiger partial charge >= 0.3 is 0 Å². The van der Waals surface area contributed by atoms with Gasteiger partial charge in [-0.2, -0.15) is 0 Å². The van der Waals surface area contributed by atoms with Crippen LogP contribution in [0.3, 0.4) is 0 Å². The average Bonchev–Trinajstić information content (AvgIpc) is 2.44. The minimum Gasteiger partial charge on any atom is -0.371 e. The molecule has 2 aliphatic rings. The fourth-order valence-corrected chi connectivity index (χ4v) is 3.16. The number of fused-ring (bicyclic) bond motifs is 1. The minimum atomic E-state index is -0.393. The maximum atomic E-state index is 12.4. The summed E-state index contributed by atoms with van der Waals surface area (Å²) in [5.74, 6) is 0.228. The summed E-state index contributed by atoms with van der Waals surface area (Å²) in [4.78, 5) is 14.8. The van der Waals surface area contributed by atoms with Gasteiger partial charge in [0, 0.05) is 30.4 Å². The van der Waals surface area contributed by atoms with E-state index in [1.165, 1.54) is 30.4 Å². The van der Waals surface area contributed by atoms with Crippen molar-refractivity contribution in [1.29, 1.82) is 0 Å². The van der Waals surface area contributed by atoms with Crippen LogP contribution in [0.1, 0.15) is 44.2 Å². The molecule has 1 saturated heterocycles. The van der Waals surface area contributed by atoms with E-state index >= 15 is 0 Å². The minimum absolute atomic E-state index is 0.228. The molecule has 100 valence electrons. The molecule has 1 aromatic carbocycles. The lowest BCUT2D eigenvalue weighted by Gasteiger charge is -2.37. The molecular weight excluding hydrogens is 234 g/mol. The average molecular weight is 255 g/mol. The Kier molecular flexibility index (Phi) is 2.96. The maximum Gasteiger partial charge on any atom is 0.167 e. The molecule has 19 heavy (non-hydrogen) atoms. The molecule has 1 aliphatic heterocycles. The highest BCUT2D eigenvalue weighted by Crippen LogP contribution is 2.38. The first-order chi connectivity index (χ1) is 9.10. The zero-order chi connectivity index (χ0) is 13.5. The van der Waals surface area contributed by atoms with Crippen LogP contribution in [0.4, 0.5) is 0 Å². The van der Waals surface area contributed by atoms with Crippen molar-refractivity contribution >= 4 is 11.5 Å². The second-order valence-electron chi connectivity index (χ2n) is 6.11. The molecule has 0 spiro atoms. The molecule has 0 aromatic heterocycles. The van der Waals surface area contributed by atoms with E-state index in [0.717, 1.165) is 18.8 Å². The monoisotopic (exact) mass is 255 g/mol. The van der Waals surface area contributed by atoms with Gasteiger partial charge in [0.15, 0.2) is 5.78 Å². The third-order valence-corrected chi connectivity index (χ3v) is 4.46. The van der Waals surface area contributed by atoms with Crippen LogP contribution in [-0.4, -0.2) is 23.8 Å². The zero-order valence-corrected chi connectivity index (χ0v) is 11.8. The van der Waals surface area contributed by atoms with Gasteiger partial charge in [-0.3, -0.25) is 4.79 Å². The van der Waals surface area contributed by atoms with Gasteiger partial charge in [-0.15, -0.1) is 0 Å². The van der Waals surface area contributed by atoms with Gasteiger partial charge < -0.3 is 4.90 Å². The Bertz CT molecular complexity index is 536. The fourth-order valence-electron chi connectivity index (χ4n) is 3.16. The van der Waals surface area contributed by atoms with Crippen molar-refractivity contribution in [2.45, 2.75) is 38.5 Å². The van der Waals surface area contributed by atoms with Crippen molar-refractivity contribution < 1.29 is 4.79 Å². The number of rotatable bonds is 1. The highest BCUT2D eigenvalue weighted by molar-refractivity contribution is 6.07. The van der Waals surface area contributed by atoms with E-state index in [1.807, 2.05) is 26.0 Å². The van der Waals surface area contributed by atoms with Crippen LogP contribution in [0.2, 0.25) is 0 Å². The lowest BCUT2D eigenvalue weighted by molar-refractivity contribution is -0.118. The lowest BCUT2D eigenvalue weighted by atomic mass is 9.73. The highest BCUT2D eigenvalue weighted by atomic mass is 16.1. The van der Waals surface area contributed by atoms with Crippen molar-refractivity contribution in [1.82, 2.24) is 4.90 Å². The predicted octanol–water partition coefficient (Wildman–Crippen LogP) is 3.37. The number of nitrogens with zero attached hydrogens (tertiary/aromatic N) is 1. The first kappa shape index (κ1) is 12.5. The van der Waals surface area contributed by atoms with E-state index in [9.17, 15) is 4.79 Å². The molecule has 0 atom stereocenters. The first-order valence-electron chi connectivity index (χ1n) is 7.21. The first-order valence-corrected chi connectivity index (χ1v) is 7.21. The summed E-state index contributed by atoms with van der Waals surface area (Å²) in [6.07, 6.45) is 5.65. The van der Waals surface area contributed by atoms with E-state index in [2.05, 4.69) is 23.1 Å². The standard InChI is InChI=1S/C17H21NO/c1-17(2)14-9-5-4-8-13(14)15(12-16(17)19)18-10-6-3-7-11-18/h4-5,8-9,12H,3,6-7,10-11H2,1-2H3. The van der Waals surface area contributed by atoms with E-state index in [-0.39, 0.29) is 5.78 Å². The fraction of sp³-hybridized carbons (Fsp3) is 0.471. The number of hydrogen-bond donors (Lipinski definition) is 0. The third kappa shape index (κ3) is 1.99. The topological polar surface area (TPSA) is 20.3 Å². The molecule has 2 heteroatoms. The molecule has 1 heterocycles. The molecule has 2 nitrogen and oxygen atoms in total. The van der Waals surface area contributed by atoms with Gasteiger partial charge in [0.2, 0.25) is 0 Å². The summed E-state index contributed by atoms with van der Waals surface area (Å²) in [6, 6.07) is 8.36. The van der Waals surface area contributed by atoms with Gasteiger partial charge in [-0.25, -0.2) is 0 Å². The second kappa shape index (κ2) is 4.52. The molecule has 0 saturated carbocycles. The Morgan fingerprint density at radius 3 is 2.47 bits per heavy atom. The van der Waals surface area contributed by atoms with Crippen molar-refractivity contribution in [3.05, 3.63) is 41.5 Å². The Morgan fingerprint density at radius 1 is 1.05 bits per heavy atom. The molecule has 1 fully saturated rings. The van der Waals surface area contributed by atoms with E-state index < -0.39 is 5.41 Å². The van der Waals surface area contributed by atoms with Crippen LogP contribution in [0.25, 0.3) is 5.70 Å². The van der Waals surface area contributed by atoms with Crippen LogP contribution in [0, 0.1) is 0 Å². The van der Waals surface area contributed by atoms with Gasteiger partial charge in [0.25, 0.3) is 0 Å². The Balaban J connectivity index is 2.08. The van der Waals surface area contributed by atoms with Crippen LogP contribution >= 0.6 is 0 Å². The van der Waals surface area contributed by atoms with Gasteiger partial charge in [0.1, 0.15) is 0 Å². The number of hydrogen-bond acceptors (Lipinski definition) is 2. The zero-order valence-electron chi connectivity index (χ0n) is 11.8. The summed E-state index contributed by atoms with van der Waals surface area (Å²) in [6.45, 7) is 6.21. The lowest BCUT2D eigenvalue weighted by Crippen LogP contribution is -2.37. The number of ketones is 1. The number of allylic oxidation sites excluding steroid dienone is 1. The van der Waals surface area contributed by atoms with Crippen molar-refractivity contribution in [3.8, 4) is 0 Å². The van der Waals surface area contributed by atoms with Crippen molar-refractivity contribution in [2.24, 2.45) is 0 Å². The maximum absolute atomic E-state index is 12.4. The molecule has 1 aliphatic carbocycles. The van der Waals surface area contributed by atoms with Crippen LogP contribution in [0.15, 0.2) is 30.3 Å². The number of carbonyl (C=O) groups excluding carboxylic acids is 1. The van der Waals surface area contributed by atoms with E-state index in [1.54, 1.807) is 0 Å². The Labute approximate surface area is 115 Å². The van der Waals surface area contributed by atoms with Crippen molar-refractivity contribution in [3.63, 3.8) is 0 Å². The normalized spacial score (nSPS) is 21.9. The van der Waals surface area contributed by atoms with Crippen molar-refractivity contribution in [2.75, 3.05) is 13.1 Å². The van der Waals surface area contributed by atoms with Crippen LogP contribution in [0.5, 0.6) is 0 Å². The number of piperidine rings is 1. The van der Waals surface area contributed by atoms with Crippen LogP contribution < -0.4 is 0 Å². The third-order valence-electron chi connectivity index (χ3n) is 4.46. The SMILES string of the molecule is CC1(C)C(=O)C=C(N2CCCCC2)c2ccccc21. The highest BCUT2D eigenvalue weighted by Gasteiger charge is 2.36. The number of benzene rings is 1. The second-order valence-corrected chi connectivity index (χ2v) is 6.11. The summed E-state index contributed by atoms with van der Waals surface area (Å²) in [5.41, 5.74) is 3.16. The largest absolute Gasteiger partial charge is 0.371 e. The predicted molar refractivity (Wildman–Crippen MR) is 77.9 cm³/mol. The van der Waals surface area contributed by atoms with E-state index in [4.69, 9.17) is 0 Å². The van der Waals surface area contributed by atoms with Gasteiger partial charge in [0.05, 0.1) is 5.41 Å². The number of likely N-dealkylation sites (tertiary alicyclic amines) is 1. The molecule has 1 aromatic rings. The Hall–Kier alpha value is -1.57. The smallest absolute Gasteiger partial charge is 0.167 e. The molecule has 3 rings (SSSR count). The van der Waals surface area contributed by atoms with Gasteiger partial charge in [-0.05, 0) is 38.7 Å². The molecule has 0 unspecified atom stereocenters. The molecular formula is C17H21NO. The molecule has 0 N–H and O–H groups in total.